The molecule has 0 N–H and O–H groups in total. The summed E-state index contributed by atoms with van der Waals surface area (Å²) in [5.41, 5.74) is -0.723. The summed E-state index contributed by atoms with van der Waals surface area (Å²) in [6.07, 6.45) is 7.82. The van der Waals surface area contributed by atoms with Crippen LogP contribution in [0.4, 0.5) is 4.39 Å². The number of hydrogen-bond donors (Lipinski definition) is 0. The van der Waals surface area contributed by atoms with Crippen LogP contribution in [0, 0.1) is 5.82 Å². The second-order valence-corrected chi connectivity index (χ2v) is 11.7. The van der Waals surface area contributed by atoms with E-state index in [1.165, 1.54) is 6.07 Å². The SMILES string of the molecule is O=C(COC(=O)C1(c2ccccc2F)CCCC1)N(C1CCCCC1)C1CCS(=O)(=O)C1. The van der Waals surface area contributed by atoms with E-state index in [9.17, 15) is 22.4 Å². The number of halogens is 1. The summed E-state index contributed by atoms with van der Waals surface area (Å²) in [5, 5.41) is 0. The predicted molar refractivity (Wildman–Crippen MR) is 118 cm³/mol. The van der Waals surface area contributed by atoms with Crippen molar-refractivity contribution in [1.29, 1.82) is 0 Å². The highest BCUT2D eigenvalue weighted by Gasteiger charge is 2.46. The molecule has 0 bridgehead atoms. The van der Waals surface area contributed by atoms with Crippen molar-refractivity contribution < 1.29 is 27.1 Å². The van der Waals surface area contributed by atoms with Crippen LogP contribution in [-0.2, 0) is 29.6 Å². The summed E-state index contributed by atoms with van der Waals surface area (Å²) in [7, 11) is -3.15. The molecule has 1 heterocycles. The first-order valence-electron chi connectivity index (χ1n) is 11.8. The Morgan fingerprint density at radius 2 is 1.69 bits per heavy atom. The smallest absolute Gasteiger partial charge is 0.317 e. The minimum Gasteiger partial charge on any atom is -0.455 e. The van der Waals surface area contributed by atoms with Gasteiger partial charge in [0.05, 0.1) is 16.9 Å². The zero-order valence-electron chi connectivity index (χ0n) is 18.4. The molecule has 1 aliphatic heterocycles. The lowest BCUT2D eigenvalue weighted by Gasteiger charge is -2.38. The van der Waals surface area contributed by atoms with Gasteiger partial charge in [-0.3, -0.25) is 9.59 Å². The standard InChI is InChI=1S/C24H32FNO5S/c25-21-11-5-4-10-20(21)24(13-6-7-14-24)23(28)31-16-22(27)26(18-8-2-1-3-9-18)19-12-15-32(29,30)17-19/h4-5,10-11,18-19H,1-3,6-9,12-17H2. The maximum absolute atomic E-state index is 14.6. The Morgan fingerprint density at radius 1 is 1.00 bits per heavy atom. The summed E-state index contributed by atoms with van der Waals surface area (Å²) in [6, 6.07) is 5.90. The maximum atomic E-state index is 14.6. The lowest BCUT2D eigenvalue weighted by atomic mass is 9.78. The van der Waals surface area contributed by atoms with Crippen LogP contribution in [0.1, 0.15) is 69.8 Å². The van der Waals surface area contributed by atoms with Crippen LogP contribution in [-0.4, -0.2) is 55.4 Å². The van der Waals surface area contributed by atoms with E-state index < -0.39 is 33.6 Å². The highest BCUT2D eigenvalue weighted by molar-refractivity contribution is 7.91. The van der Waals surface area contributed by atoms with Crippen LogP contribution in [0.3, 0.4) is 0 Å². The van der Waals surface area contributed by atoms with Crippen molar-refractivity contribution in [3.8, 4) is 0 Å². The molecule has 4 rings (SSSR count). The lowest BCUT2D eigenvalue weighted by Crippen LogP contribution is -2.50. The Morgan fingerprint density at radius 3 is 2.31 bits per heavy atom. The van der Waals surface area contributed by atoms with E-state index in [1.54, 1.807) is 23.1 Å². The normalized spacial score (nSPS) is 24.8. The third kappa shape index (κ3) is 4.70. The van der Waals surface area contributed by atoms with Crippen molar-refractivity contribution in [3.05, 3.63) is 35.6 Å². The van der Waals surface area contributed by atoms with Gasteiger partial charge < -0.3 is 9.64 Å². The molecule has 1 aromatic rings. The summed E-state index contributed by atoms with van der Waals surface area (Å²) < 4.78 is 44.2. The summed E-state index contributed by atoms with van der Waals surface area (Å²) in [6.45, 7) is -0.428. The van der Waals surface area contributed by atoms with E-state index in [-0.39, 0.29) is 29.5 Å². The van der Waals surface area contributed by atoms with E-state index >= 15 is 0 Å². The monoisotopic (exact) mass is 465 g/mol. The van der Waals surface area contributed by atoms with Crippen molar-refractivity contribution in [1.82, 2.24) is 4.90 Å². The van der Waals surface area contributed by atoms with Gasteiger partial charge in [-0.2, -0.15) is 0 Å². The molecule has 1 atom stereocenters. The zero-order valence-corrected chi connectivity index (χ0v) is 19.2. The quantitative estimate of drug-likeness (QED) is 0.601. The topological polar surface area (TPSA) is 80.8 Å². The number of amides is 1. The molecule has 0 spiro atoms. The number of nitrogens with zero attached hydrogens (tertiary/aromatic N) is 1. The number of ether oxygens (including phenoxy) is 1. The number of hydrogen-bond acceptors (Lipinski definition) is 5. The van der Waals surface area contributed by atoms with Crippen LogP contribution in [0.2, 0.25) is 0 Å². The molecule has 3 aliphatic rings. The molecule has 8 heteroatoms. The molecule has 0 radical (unpaired) electrons. The molecule has 32 heavy (non-hydrogen) atoms. The fourth-order valence-corrected chi connectivity index (χ4v) is 7.52. The van der Waals surface area contributed by atoms with E-state index in [4.69, 9.17) is 4.74 Å². The number of esters is 1. The summed E-state index contributed by atoms with van der Waals surface area (Å²) in [4.78, 5) is 28.1. The second kappa shape index (κ2) is 9.49. The molecule has 1 saturated heterocycles. The molecule has 3 fully saturated rings. The zero-order chi connectivity index (χ0) is 22.8. The molecule has 0 aromatic heterocycles. The third-order valence-electron chi connectivity index (χ3n) is 7.42. The molecule has 2 saturated carbocycles. The number of carbonyl (C=O) groups is 2. The number of benzene rings is 1. The average molecular weight is 466 g/mol. The summed E-state index contributed by atoms with van der Waals surface area (Å²) in [5.74, 6) is -1.27. The predicted octanol–water partition coefficient (Wildman–Crippen LogP) is 3.53. The first-order valence-corrected chi connectivity index (χ1v) is 13.6. The molecule has 1 aromatic carbocycles. The Hall–Kier alpha value is -1.96. The van der Waals surface area contributed by atoms with Gasteiger partial charge in [0.15, 0.2) is 16.4 Å². The van der Waals surface area contributed by atoms with Gasteiger partial charge in [-0.05, 0) is 38.2 Å². The first kappa shape index (κ1) is 23.2. The molecule has 1 unspecified atom stereocenters. The van der Waals surface area contributed by atoms with Crippen molar-refractivity contribution in [2.45, 2.75) is 81.7 Å². The molecule has 1 amide bonds. The number of rotatable bonds is 6. The van der Waals surface area contributed by atoms with E-state index in [1.807, 2.05) is 0 Å². The molecule has 6 nitrogen and oxygen atoms in total. The lowest BCUT2D eigenvalue weighted by molar-refractivity contribution is -0.159. The van der Waals surface area contributed by atoms with Crippen LogP contribution in [0.25, 0.3) is 0 Å². The fraction of sp³-hybridized carbons (Fsp3) is 0.667. The minimum atomic E-state index is -3.15. The highest BCUT2D eigenvalue weighted by Crippen LogP contribution is 2.43. The Balaban J connectivity index is 1.49. The second-order valence-electron chi connectivity index (χ2n) is 9.49. The van der Waals surface area contributed by atoms with E-state index in [2.05, 4.69) is 0 Å². The van der Waals surface area contributed by atoms with Gasteiger partial charge in [0.2, 0.25) is 0 Å². The Kier molecular flexibility index (Phi) is 6.89. The van der Waals surface area contributed by atoms with Gasteiger partial charge in [-0.25, -0.2) is 12.8 Å². The van der Waals surface area contributed by atoms with Gasteiger partial charge in [0.1, 0.15) is 5.82 Å². The minimum absolute atomic E-state index is 0.0136. The Labute approximate surface area is 189 Å². The van der Waals surface area contributed by atoms with Gasteiger partial charge in [-0.15, -0.1) is 0 Å². The van der Waals surface area contributed by atoms with Gasteiger partial charge in [-0.1, -0.05) is 50.3 Å². The third-order valence-corrected chi connectivity index (χ3v) is 9.17. The number of carbonyl (C=O) groups excluding carboxylic acids is 2. The highest BCUT2D eigenvalue weighted by atomic mass is 32.2. The largest absolute Gasteiger partial charge is 0.455 e. The van der Waals surface area contributed by atoms with Crippen LogP contribution in [0.15, 0.2) is 24.3 Å². The van der Waals surface area contributed by atoms with Crippen molar-refractivity contribution >= 4 is 21.7 Å². The van der Waals surface area contributed by atoms with Crippen LogP contribution >= 0.6 is 0 Å². The molecule has 176 valence electrons. The van der Waals surface area contributed by atoms with Gasteiger partial charge in [0.25, 0.3) is 5.91 Å². The molecule has 2 aliphatic carbocycles. The maximum Gasteiger partial charge on any atom is 0.317 e. The van der Waals surface area contributed by atoms with Crippen LogP contribution in [0.5, 0.6) is 0 Å². The van der Waals surface area contributed by atoms with E-state index in [0.29, 0.717) is 24.8 Å². The molecular formula is C24H32FNO5S. The Bertz CT molecular complexity index is 951. The van der Waals surface area contributed by atoms with Gasteiger partial charge >= 0.3 is 5.97 Å². The van der Waals surface area contributed by atoms with Gasteiger partial charge in [0, 0.05) is 17.6 Å². The fourth-order valence-electron chi connectivity index (χ4n) is 5.81. The number of sulfone groups is 1. The van der Waals surface area contributed by atoms with E-state index in [0.717, 1.165) is 44.9 Å². The molecular weight excluding hydrogens is 433 g/mol. The summed E-state index contributed by atoms with van der Waals surface area (Å²) >= 11 is 0. The van der Waals surface area contributed by atoms with Crippen LogP contribution < -0.4 is 0 Å². The van der Waals surface area contributed by atoms with Crippen molar-refractivity contribution in [2.24, 2.45) is 0 Å². The average Bonchev–Trinajstić information content (AvgIpc) is 3.41. The van der Waals surface area contributed by atoms with Crippen molar-refractivity contribution in [3.63, 3.8) is 0 Å². The first-order chi connectivity index (χ1) is 15.3. The van der Waals surface area contributed by atoms with Crippen molar-refractivity contribution in [2.75, 3.05) is 18.1 Å².